The Morgan fingerprint density at radius 3 is 3.00 bits per heavy atom. The number of thiazole rings is 1. The second-order valence-corrected chi connectivity index (χ2v) is 7.33. The molecule has 0 aliphatic heterocycles. The van der Waals surface area contributed by atoms with E-state index >= 15 is 0 Å². The van der Waals surface area contributed by atoms with Crippen molar-refractivity contribution < 1.29 is 8.42 Å². The Hall–Kier alpha value is -0.630. The minimum Gasteiger partial charge on any atom is -0.279 e. The molecule has 0 bridgehead atoms. The molecule has 8 heteroatoms. The van der Waals surface area contributed by atoms with Crippen LogP contribution in [0, 0.1) is 5.92 Å². The van der Waals surface area contributed by atoms with Gasteiger partial charge < -0.3 is 0 Å². The highest BCUT2D eigenvalue weighted by molar-refractivity contribution is 7.89. The third-order valence-corrected chi connectivity index (χ3v) is 5.80. The Morgan fingerprint density at radius 2 is 2.33 bits per heavy atom. The minimum absolute atomic E-state index is 0.0305. The number of sulfonamides is 1. The molecule has 18 heavy (non-hydrogen) atoms. The zero-order valence-electron chi connectivity index (χ0n) is 9.47. The number of hydrogen-bond acceptors (Lipinski definition) is 4. The van der Waals surface area contributed by atoms with Gasteiger partial charge in [0.2, 0.25) is 0 Å². The first-order valence-electron chi connectivity index (χ1n) is 5.68. The van der Waals surface area contributed by atoms with Crippen molar-refractivity contribution in [2.75, 3.05) is 6.54 Å². The van der Waals surface area contributed by atoms with E-state index < -0.39 is 10.0 Å². The maximum atomic E-state index is 12.2. The molecular formula is C10H12ClN3O2S2. The summed E-state index contributed by atoms with van der Waals surface area (Å²) in [5.74, 6) is 0.462. The molecule has 5 nitrogen and oxygen atoms in total. The fourth-order valence-corrected chi connectivity index (χ4v) is 4.54. The first-order chi connectivity index (χ1) is 8.58. The van der Waals surface area contributed by atoms with Gasteiger partial charge in [0.15, 0.2) is 15.1 Å². The lowest BCUT2D eigenvalue weighted by Gasteiger charge is -2.25. The van der Waals surface area contributed by atoms with Crippen LogP contribution in [-0.2, 0) is 10.0 Å². The fraction of sp³-hybridized carbons (Fsp3) is 0.500. The third kappa shape index (κ3) is 2.05. The second kappa shape index (κ2) is 4.48. The molecule has 1 saturated carbocycles. The van der Waals surface area contributed by atoms with Crippen molar-refractivity contribution in [2.45, 2.75) is 24.3 Å². The van der Waals surface area contributed by atoms with Gasteiger partial charge in [0, 0.05) is 18.1 Å². The van der Waals surface area contributed by atoms with E-state index in [-0.39, 0.29) is 10.2 Å². The predicted octanol–water partition coefficient (Wildman–Crippen LogP) is 2.13. The number of fused-ring (bicyclic) bond motifs is 1. The van der Waals surface area contributed by atoms with Gasteiger partial charge in [-0.2, -0.15) is 0 Å². The first-order valence-corrected chi connectivity index (χ1v) is 8.43. The molecule has 0 atom stereocenters. The van der Waals surface area contributed by atoms with Gasteiger partial charge >= 0.3 is 0 Å². The van der Waals surface area contributed by atoms with Crippen LogP contribution in [0.3, 0.4) is 0 Å². The summed E-state index contributed by atoms with van der Waals surface area (Å²) < 4.78 is 28.6. The van der Waals surface area contributed by atoms with Gasteiger partial charge in [-0.3, -0.25) is 4.40 Å². The van der Waals surface area contributed by atoms with E-state index in [0.717, 1.165) is 12.8 Å². The number of rotatable bonds is 4. The lowest BCUT2D eigenvalue weighted by Crippen LogP contribution is -2.32. The summed E-state index contributed by atoms with van der Waals surface area (Å²) in [5.41, 5.74) is 0. The predicted molar refractivity (Wildman–Crippen MR) is 70.6 cm³/mol. The van der Waals surface area contributed by atoms with Crippen molar-refractivity contribution in [3.63, 3.8) is 0 Å². The van der Waals surface area contributed by atoms with Crippen LogP contribution in [0.2, 0.25) is 5.15 Å². The van der Waals surface area contributed by atoms with Gasteiger partial charge in [0.25, 0.3) is 10.0 Å². The highest BCUT2D eigenvalue weighted by atomic mass is 35.5. The fourth-order valence-electron chi connectivity index (χ4n) is 1.97. The molecule has 1 N–H and O–H groups in total. The van der Waals surface area contributed by atoms with Gasteiger partial charge in [-0.15, -0.1) is 11.3 Å². The molecule has 0 radical (unpaired) electrons. The molecule has 3 rings (SSSR count). The maximum Gasteiger partial charge on any atom is 0.259 e. The Kier molecular flexibility index (Phi) is 3.09. The zero-order chi connectivity index (χ0) is 12.8. The maximum absolute atomic E-state index is 12.2. The number of nitrogens with zero attached hydrogens (tertiary/aromatic N) is 2. The second-order valence-electron chi connectivity index (χ2n) is 4.41. The van der Waals surface area contributed by atoms with Crippen molar-refractivity contribution >= 4 is 37.9 Å². The highest BCUT2D eigenvalue weighted by Gasteiger charge is 2.27. The lowest BCUT2D eigenvalue weighted by molar-refractivity contribution is 0.316. The smallest absolute Gasteiger partial charge is 0.259 e. The van der Waals surface area contributed by atoms with Crippen molar-refractivity contribution in [1.82, 2.24) is 14.1 Å². The van der Waals surface area contributed by atoms with Crippen molar-refractivity contribution in [2.24, 2.45) is 5.92 Å². The summed E-state index contributed by atoms with van der Waals surface area (Å²) >= 11 is 7.27. The standard InChI is InChI=1S/C10H12ClN3O2S2/c11-8-9(14-4-5-17-10(14)13-8)18(15,16)12-6-7-2-1-3-7/h4-5,7,12H,1-3,6H2. The van der Waals surface area contributed by atoms with Crippen LogP contribution in [0.4, 0.5) is 0 Å². The summed E-state index contributed by atoms with van der Waals surface area (Å²) in [6.45, 7) is 0.482. The van der Waals surface area contributed by atoms with Crippen LogP contribution >= 0.6 is 22.9 Å². The average Bonchev–Trinajstić information content (AvgIpc) is 2.73. The van der Waals surface area contributed by atoms with Crippen molar-refractivity contribution in [3.05, 3.63) is 16.7 Å². The van der Waals surface area contributed by atoms with E-state index in [2.05, 4.69) is 9.71 Å². The molecule has 0 unspecified atom stereocenters. The van der Waals surface area contributed by atoms with Gasteiger partial charge in [-0.1, -0.05) is 18.0 Å². The zero-order valence-corrected chi connectivity index (χ0v) is 11.9. The Labute approximate surface area is 114 Å². The number of nitrogens with one attached hydrogen (secondary N) is 1. The van der Waals surface area contributed by atoms with Crippen LogP contribution in [0.25, 0.3) is 4.96 Å². The van der Waals surface area contributed by atoms with Gasteiger partial charge in [-0.05, 0) is 18.8 Å². The number of imidazole rings is 1. The molecule has 1 aliphatic carbocycles. The van der Waals surface area contributed by atoms with Crippen molar-refractivity contribution in [3.8, 4) is 0 Å². The molecule has 0 aromatic carbocycles. The molecule has 2 aromatic heterocycles. The summed E-state index contributed by atoms with van der Waals surface area (Å²) in [4.78, 5) is 4.62. The van der Waals surface area contributed by atoms with Gasteiger partial charge in [0.05, 0.1) is 0 Å². The van der Waals surface area contributed by atoms with E-state index in [1.807, 2.05) is 0 Å². The molecule has 1 fully saturated rings. The molecule has 0 spiro atoms. The average molecular weight is 306 g/mol. The van der Waals surface area contributed by atoms with Crippen molar-refractivity contribution in [1.29, 1.82) is 0 Å². The molecule has 2 heterocycles. The van der Waals surface area contributed by atoms with Crippen LogP contribution in [0.1, 0.15) is 19.3 Å². The molecule has 98 valence electrons. The Bertz CT molecular complexity index is 672. The molecule has 0 amide bonds. The molecule has 2 aromatic rings. The summed E-state index contributed by atoms with van der Waals surface area (Å²) in [5, 5.41) is 1.85. The van der Waals surface area contributed by atoms with Crippen LogP contribution in [0.15, 0.2) is 16.6 Å². The topological polar surface area (TPSA) is 63.5 Å². The number of hydrogen-bond donors (Lipinski definition) is 1. The van der Waals surface area contributed by atoms with E-state index in [4.69, 9.17) is 11.6 Å². The van der Waals surface area contributed by atoms with Crippen LogP contribution in [-0.4, -0.2) is 24.3 Å². The Morgan fingerprint density at radius 1 is 1.56 bits per heavy atom. The van der Waals surface area contributed by atoms with Gasteiger partial charge in [0.1, 0.15) is 0 Å². The largest absolute Gasteiger partial charge is 0.279 e. The number of halogens is 1. The quantitative estimate of drug-likeness (QED) is 0.941. The normalized spacial score (nSPS) is 17.2. The highest BCUT2D eigenvalue weighted by Crippen LogP contribution is 2.28. The monoisotopic (exact) mass is 305 g/mol. The molecular weight excluding hydrogens is 294 g/mol. The summed E-state index contributed by atoms with van der Waals surface area (Å²) in [6, 6.07) is 0. The van der Waals surface area contributed by atoms with Crippen LogP contribution in [0.5, 0.6) is 0 Å². The third-order valence-electron chi connectivity index (χ3n) is 3.22. The Balaban J connectivity index is 1.91. The number of aromatic nitrogens is 2. The summed E-state index contributed by atoms with van der Waals surface area (Å²) in [6.07, 6.45) is 5.04. The molecule has 0 saturated heterocycles. The van der Waals surface area contributed by atoms with E-state index in [9.17, 15) is 8.42 Å². The first kappa shape index (κ1) is 12.4. The van der Waals surface area contributed by atoms with E-state index in [1.165, 1.54) is 22.2 Å². The lowest BCUT2D eigenvalue weighted by atomic mass is 9.86. The SMILES string of the molecule is O=S(=O)(NCC1CCC1)c1c(Cl)nc2sccn12. The minimum atomic E-state index is -3.59. The summed E-state index contributed by atoms with van der Waals surface area (Å²) in [7, 11) is -3.59. The van der Waals surface area contributed by atoms with Crippen LogP contribution < -0.4 is 4.72 Å². The van der Waals surface area contributed by atoms with E-state index in [0.29, 0.717) is 17.4 Å². The molecule has 1 aliphatic rings. The van der Waals surface area contributed by atoms with Gasteiger partial charge in [-0.25, -0.2) is 18.1 Å². The van der Waals surface area contributed by atoms with E-state index in [1.54, 1.807) is 11.6 Å².